The van der Waals surface area contributed by atoms with Crippen molar-refractivity contribution in [3.8, 4) is 5.88 Å². The third-order valence-electron chi connectivity index (χ3n) is 3.64. The number of hydrogen-bond acceptors (Lipinski definition) is 5. The third kappa shape index (κ3) is 3.45. The Hall–Kier alpha value is -2.54. The number of nitrogens with zero attached hydrogens (tertiary/aromatic N) is 2. The lowest BCUT2D eigenvalue weighted by molar-refractivity contribution is -0.0246. The Labute approximate surface area is 134 Å². The van der Waals surface area contributed by atoms with Crippen LogP contribution < -0.4 is 10.1 Å². The van der Waals surface area contributed by atoms with Crippen molar-refractivity contribution in [3.05, 3.63) is 42.0 Å². The first-order chi connectivity index (χ1) is 11.2. The minimum absolute atomic E-state index is 0.215. The van der Waals surface area contributed by atoms with Gasteiger partial charge in [0.05, 0.1) is 20.3 Å². The molecule has 3 rings (SSSR count). The summed E-state index contributed by atoms with van der Waals surface area (Å²) in [6.07, 6.45) is 1.36. The number of pyridine rings is 1. The number of nitrogens with one attached hydrogen (secondary N) is 1. The van der Waals surface area contributed by atoms with Crippen molar-refractivity contribution in [2.24, 2.45) is 0 Å². The van der Waals surface area contributed by atoms with Gasteiger partial charge in [0, 0.05) is 12.7 Å². The molecule has 1 aliphatic heterocycles. The van der Waals surface area contributed by atoms with Gasteiger partial charge in [-0.05, 0) is 31.2 Å². The number of anilines is 1. The second-order valence-electron chi connectivity index (χ2n) is 5.24. The van der Waals surface area contributed by atoms with E-state index in [2.05, 4.69) is 10.3 Å². The van der Waals surface area contributed by atoms with E-state index in [0.717, 1.165) is 11.5 Å². The summed E-state index contributed by atoms with van der Waals surface area (Å²) in [5, 5.41) is 2.82. The fourth-order valence-electron chi connectivity index (χ4n) is 2.48. The average molecular weight is 317 g/mol. The van der Waals surface area contributed by atoms with Crippen LogP contribution in [0.15, 0.2) is 34.9 Å². The number of ether oxygens (including phenoxy) is 2. The third-order valence-corrected chi connectivity index (χ3v) is 3.64. The van der Waals surface area contributed by atoms with E-state index in [1.54, 1.807) is 23.2 Å². The van der Waals surface area contributed by atoms with Crippen LogP contribution in [0.4, 0.5) is 10.5 Å². The highest BCUT2D eigenvalue weighted by Gasteiger charge is 2.27. The Morgan fingerprint density at radius 2 is 2.30 bits per heavy atom. The average Bonchev–Trinajstić information content (AvgIpc) is 3.02. The van der Waals surface area contributed by atoms with Crippen molar-refractivity contribution in [2.75, 3.05) is 32.1 Å². The van der Waals surface area contributed by atoms with E-state index in [-0.39, 0.29) is 12.1 Å². The highest BCUT2D eigenvalue weighted by molar-refractivity contribution is 5.90. The molecule has 2 amide bonds. The number of hydrogen-bond donors (Lipinski definition) is 1. The van der Waals surface area contributed by atoms with Gasteiger partial charge in [0.15, 0.2) is 0 Å². The summed E-state index contributed by atoms with van der Waals surface area (Å²) in [6, 6.07) is 7.04. The van der Waals surface area contributed by atoms with Crippen LogP contribution in [0.25, 0.3) is 0 Å². The van der Waals surface area contributed by atoms with E-state index in [0.29, 0.717) is 31.3 Å². The monoisotopic (exact) mass is 317 g/mol. The highest BCUT2D eigenvalue weighted by Crippen LogP contribution is 2.25. The summed E-state index contributed by atoms with van der Waals surface area (Å²) in [6.45, 7) is 3.29. The maximum absolute atomic E-state index is 12.5. The predicted molar refractivity (Wildman–Crippen MR) is 83.5 cm³/mol. The summed E-state index contributed by atoms with van der Waals surface area (Å²) in [7, 11) is 1.52. The number of carbonyl (C=O) groups excluding carboxylic acids is 1. The normalized spacial score (nSPS) is 17.8. The molecule has 0 aromatic carbocycles. The van der Waals surface area contributed by atoms with E-state index >= 15 is 0 Å². The first kappa shape index (κ1) is 15.4. The Balaban J connectivity index is 1.67. The highest BCUT2D eigenvalue weighted by atomic mass is 16.5. The van der Waals surface area contributed by atoms with Crippen molar-refractivity contribution in [2.45, 2.75) is 13.0 Å². The molecular weight excluding hydrogens is 298 g/mol. The molecule has 122 valence electrons. The molecule has 0 saturated carbocycles. The maximum Gasteiger partial charge on any atom is 0.322 e. The lowest BCUT2D eigenvalue weighted by Gasteiger charge is -2.32. The summed E-state index contributed by atoms with van der Waals surface area (Å²) in [4.78, 5) is 18.2. The fourth-order valence-corrected chi connectivity index (χ4v) is 2.48. The number of aromatic nitrogens is 1. The van der Waals surface area contributed by atoms with Crippen LogP contribution in [0, 0.1) is 6.92 Å². The number of morpholine rings is 1. The van der Waals surface area contributed by atoms with Gasteiger partial charge in [-0.15, -0.1) is 0 Å². The van der Waals surface area contributed by atoms with Crippen LogP contribution >= 0.6 is 0 Å². The summed E-state index contributed by atoms with van der Waals surface area (Å²) < 4.78 is 16.4. The number of aryl methyl sites for hydroxylation is 1. The van der Waals surface area contributed by atoms with Crippen LogP contribution in [0.5, 0.6) is 5.88 Å². The minimum Gasteiger partial charge on any atom is -0.480 e. The molecule has 7 nitrogen and oxygen atoms in total. The summed E-state index contributed by atoms with van der Waals surface area (Å²) in [5.74, 6) is 1.94. The Morgan fingerprint density at radius 3 is 3.04 bits per heavy atom. The van der Waals surface area contributed by atoms with Gasteiger partial charge in [-0.1, -0.05) is 0 Å². The quantitative estimate of drug-likeness (QED) is 0.941. The number of furan rings is 1. The first-order valence-electron chi connectivity index (χ1n) is 7.40. The second kappa shape index (κ2) is 6.70. The van der Waals surface area contributed by atoms with Crippen LogP contribution in [0.1, 0.15) is 17.6 Å². The number of urea groups is 1. The molecule has 23 heavy (non-hydrogen) atoms. The van der Waals surface area contributed by atoms with Gasteiger partial charge in [-0.25, -0.2) is 9.78 Å². The predicted octanol–water partition coefficient (Wildman–Crippen LogP) is 2.60. The van der Waals surface area contributed by atoms with Gasteiger partial charge in [0.25, 0.3) is 0 Å². The lowest BCUT2D eigenvalue weighted by atomic mass is 10.2. The number of rotatable bonds is 3. The van der Waals surface area contributed by atoms with E-state index in [1.807, 2.05) is 19.1 Å². The summed E-state index contributed by atoms with van der Waals surface area (Å²) >= 11 is 0. The molecule has 1 fully saturated rings. The van der Waals surface area contributed by atoms with E-state index in [9.17, 15) is 4.79 Å². The SMILES string of the molecule is COc1ncccc1NC(=O)N1CCO[C@@H](c2ccc(C)o2)C1. The molecule has 3 heterocycles. The first-order valence-corrected chi connectivity index (χ1v) is 7.40. The standard InChI is InChI=1S/C16H19N3O4/c1-11-5-6-13(23-11)14-10-19(8-9-22-14)16(20)18-12-4-3-7-17-15(12)21-2/h3-7,14H,8-10H2,1-2H3,(H,18,20)/t14-/m1/s1. The van der Waals surface area contributed by atoms with Gasteiger partial charge in [-0.3, -0.25) is 0 Å². The van der Waals surface area contributed by atoms with Crippen LogP contribution in [-0.4, -0.2) is 42.7 Å². The fraction of sp³-hybridized carbons (Fsp3) is 0.375. The molecule has 2 aromatic heterocycles. The molecule has 7 heteroatoms. The zero-order valence-corrected chi connectivity index (χ0v) is 13.1. The Kier molecular flexibility index (Phi) is 4.47. The number of methoxy groups -OCH3 is 1. The second-order valence-corrected chi connectivity index (χ2v) is 5.24. The van der Waals surface area contributed by atoms with Crippen LogP contribution in [0.2, 0.25) is 0 Å². The molecule has 0 aliphatic carbocycles. The molecule has 1 N–H and O–H groups in total. The topological polar surface area (TPSA) is 76.8 Å². The van der Waals surface area contributed by atoms with Gasteiger partial charge < -0.3 is 24.1 Å². The zero-order chi connectivity index (χ0) is 16.2. The largest absolute Gasteiger partial charge is 0.480 e. The van der Waals surface area contributed by atoms with Crippen molar-refractivity contribution >= 4 is 11.7 Å². The zero-order valence-electron chi connectivity index (χ0n) is 13.1. The minimum atomic E-state index is -0.251. The Bertz CT molecular complexity index is 685. The maximum atomic E-state index is 12.5. The summed E-state index contributed by atoms with van der Waals surface area (Å²) in [5.41, 5.74) is 0.539. The van der Waals surface area contributed by atoms with Crippen molar-refractivity contribution in [1.29, 1.82) is 0 Å². The van der Waals surface area contributed by atoms with Gasteiger partial charge in [-0.2, -0.15) is 0 Å². The molecule has 1 saturated heterocycles. The molecule has 2 aromatic rings. The van der Waals surface area contributed by atoms with Crippen molar-refractivity contribution < 1.29 is 18.7 Å². The smallest absolute Gasteiger partial charge is 0.322 e. The Morgan fingerprint density at radius 1 is 1.43 bits per heavy atom. The molecule has 1 aliphatic rings. The molecule has 0 radical (unpaired) electrons. The number of amides is 2. The van der Waals surface area contributed by atoms with E-state index in [4.69, 9.17) is 13.9 Å². The molecule has 0 spiro atoms. The van der Waals surface area contributed by atoms with Crippen LogP contribution in [0.3, 0.4) is 0 Å². The molecule has 0 bridgehead atoms. The van der Waals surface area contributed by atoms with Gasteiger partial charge in [0.2, 0.25) is 5.88 Å². The van der Waals surface area contributed by atoms with Gasteiger partial charge >= 0.3 is 6.03 Å². The molecular formula is C16H19N3O4. The van der Waals surface area contributed by atoms with E-state index in [1.165, 1.54) is 7.11 Å². The van der Waals surface area contributed by atoms with E-state index < -0.39 is 0 Å². The van der Waals surface area contributed by atoms with Crippen molar-refractivity contribution in [3.63, 3.8) is 0 Å². The van der Waals surface area contributed by atoms with Crippen molar-refractivity contribution in [1.82, 2.24) is 9.88 Å². The molecule has 1 atom stereocenters. The van der Waals surface area contributed by atoms with Gasteiger partial charge in [0.1, 0.15) is 23.3 Å². The number of carbonyl (C=O) groups is 1. The lowest BCUT2D eigenvalue weighted by Crippen LogP contribution is -2.44. The van der Waals surface area contributed by atoms with Crippen LogP contribution in [-0.2, 0) is 4.74 Å². The molecule has 0 unspecified atom stereocenters.